The first kappa shape index (κ1) is 17.6. The number of carbonyl (C=O) groups is 1. The number of aryl methyl sites for hydroxylation is 2. The Labute approximate surface area is 169 Å². The van der Waals surface area contributed by atoms with E-state index in [4.69, 9.17) is 4.42 Å². The summed E-state index contributed by atoms with van der Waals surface area (Å²) in [6.45, 7) is 3.81. The van der Waals surface area contributed by atoms with Crippen molar-refractivity contribution >= 4 is 33.3 Å². The van der Waals surface area contributed by atoms with E-state index < -0.39 is 11.9 Å². The largest absolute Gasteiger partial charge is 0.508 e. The molecule has 0 aliphatic carbocycles. The predicted molar refractivity (Wildman–Crippen MR) is 111 cm³/mol. The molecule has 1 aliphatic rings. The van der Waals surface area contributed by atoms with Crippen LogP contribution in [0.25, 0.3) is 11.0 Å². The summed E-state index contributed by atoms with van der Waals surface area (Å²) in [5.74, 6) is -0.336. The normalized spacial score (nSPS) is 15.9. The van der Waals surface area contributed by atoms with E-state index in [1.54, 1.807) is 48.5 Å². The number of nitrogens with zero attached hydrogens (tertiary/aromatic N) is 2. The molecule has 1 aliphatic heterocycles. The average molecular weight is 404 g/mol. The molecule has 1 atom stereocenters. The lowest BCUT2D eigenvalue weighted by atomic mass is 9.98. The van der Waals surface area contributed by atoms with E-state index in [0.717, 1.165) is 10.6 Å². The fourth-order valence-electron chi connectivity index (χ4n) is 3.69. The minimum atomic E-state index is -0.726. The first-order valence-corrected chi connectivity index (χ1v) is 9.89. The van der Waals surface area contributed by atoms with Crippen molar-refractivity contribution in [3.8, 4) is 5.75 Å². The van der Waals surface area contributed by atoms with Crippen LogP contribution in [0, 0.1) is 13.8 Å². The van der Waals surface area contributed by atoms with Gasteiger partial charge in [-0.2, -0.15) is 0 Å². The Morgan fingerprint density at radius 2 is 1.90 bits per heavy atom. The van der Waals surface area contributed by atoms with Gasteiger partial charge in [-0.05, 0) is 43.7 Å². The van der Waals surface area contributed by atoms with Gasteiger partial charge in [-0.25, -0.2) is 4.98 Å². The first-order chi connectivity index (χ1) is 14.0. The molecule has 1 amide bonds. The predicted octanol–water partition coefficient (Wildman–Crippen LogP) is 4.32. The van der Waals surface area contributed by atoms with Crippen LogP contribution >= 0.6 is 11.3 Å². The quantitative estimate of drug-likeness (QED) is 0.538. The molecule has 0 fully saturated rings. The number of amides is 1. The second-order valence-electron chi connectivity index (χ2n) is 6.98. The van der Waals surface area contributed by atoms with Crippen LogP contribution in [-0.4, -0.2) is 16.0 Å². The molecule has 0 bridgehead atoms. The molecule has 144 valence electrons. The number of anilines is 1. The van der Waals surface area contributed by atoms with Crippen LogP contribution in [0.1, 0.15) is 38.3 Å². The summed E-state index contributed by atoms with van der Waals surface area (Å²) >= 11 is 1.39. The molecule has 4 aromatic rings. The van der Waals surface area contributed by atoms with Gasteiger partial charge in [0, 0.05) is 4.88 Å². The van der Waals surface area contributed by atoms with Crippen LogP contribution in [0.4, 0.5) is 5.13 Å². The number of phenols is 1. The number of para-hydroxylation sites is 1. The molecule has 29 heavy (non-hydrogen) atoms. The molecule has 1 N–H and O–H groups in total. The van der Waals surface area contributed by atoms with Gasteiger partial charge in [-0.15, -0.1) is 11.3 Å². The van der Waals surface area contributed by atoms with Crippen LogP contribution in [0.2, 0.25) is 0 Å². The average Bonchev–Trinajstić information content (AvgIpc) is 3.19. The number of phenolic OH excluding ortho intramolecular Hbond substituents is 1. The zero-order valence-electron chi connectivity index (χ0n) is 15.7. The fourth-order valence-corrected chi connectivity index (χ4v) is 4.62. The third-order valence-corrected chi connectivity index (χ3v) is 6.26. The molecule has 5 rings (SSSR count). The Bertz CT molecular complexity index is 1340. The molecule has 3 heterocycles. The highest BCUT2D eigenvalue weighted by atomic mass is 32.1. The van der Waals surface area contributed by atoms with Gasteiger partial charge >= 0.3 is 0 Å². The molecule has 0 radical (unpaired) electrons. The maximum Gasteiger partial charge on any atom is 0.297 e. The Hall–Kier alpha value is -3.45. The summed E-state index contributed by atoms with van der Waals surface area (Å²) in [6, 6.07) is 12.7. The lowest BCUT2D eigenvalue weighted by Gasteiger charge is -2.22. The number of thiazole rings is 1. The standard InChI is InChI=1S/C22H16N2O4S/c1-11-12(2)29-22(23-11)24-18(13-6-5-7-14(25)10-13)17-19(26)15-8-3-4-9-16(15)28-20(17)21(24)27/h3-10,18,25H,1-2H3/t18-/m0/s1. The molecule has 0 spiro atoms. The monoisotopic (exact) mass is 404 g/mol. The van der Waals surface area contributed by atoms with Crippen LogP contribution in [0.5, 0.6) is 5.75 Å². The van der Waals surface area contributed by atoms with Crippen molar-refractivity contribution in [2.24, 2.45) is 0 Å². The summed E-state index contributed by atoms with van der Waals surface area (Å²) in [7, 11) is 0. The fraction of sp³-hybridized carbons (Fsp3) is 0.136. The highest BCUT2D eigenvalue weighted by Crippen LogP contribution is 2.43. The zero-order chi connectivity index (χ0) is 20.3. The van der Waals surface area contributed by atoms with Crippen molar-refractivity contribution in [2.75, 3.05) is 4.90 Å². The second-order valence-corrected chi connectivity index (χ2v) is 8.16. The van der Waals surface area contributed by atoms with Gasteiger partial charge in [0.15, 0.2) is 10.6 Å². The maximum atomic E-state index is 13.4. The first-order valence-electron chi connectivity index (χ1n) is 9.08. The summed E-state index contributed by atoms with van der Waals surface area (Å²) in [6.07, 6.45) is 0. The van der Waals surface area contributed by atoms with Crippen molar-refractivity contribution in [1.29, 1.82) is 0 Å². The Balaban J connectivity index is 1.84. The van der Waals surface area contributed by atoms with Gasteiger partial charge in [0.25, 0.3) is 5.91 Å². The molecular formula is C22H16N2O4S. The Kier molecular flexibility index (Phi) is 3.82. The second kappa shape index (κ2) is 6.28. The van der Waals surface area contributed by atoms with Crippen LogP contribution in [0.3, 0.4) is 0 Å². The van der Waals surface area contributed by atoms with Crippen molar-refractivity contribution < 1.29 is 14.3 Å². The third-order valence-electron chi connectivity index (χ3n) is 5.19. The summed E-state index contributed by atoms with van der Waals surface area (Å²) in [5.41, 5.74) is 1.83. The maximum absolute atomic E-state index is 13.4. The highest BCUT2D eigenvalue weighted by Gasteiger charge is 2.45. The SMILES string of the molecule is Cc1nc(N2C(=O)c3oc4ccccc4c(=O)c3[C@@H]2c2cccc(O)c2)sc1C. The van der Waals surface area contributed by atoms with Gasteiger partial charge in [-0.1, -0.05) is 24.3 Å². The van der Waals surface area contributed by atoms with E-state index in [0.29, 0.717) is 21.7 Å². The number of aromatic hydroxyl groups is 1. The smallest absolute Gasteiger partial charge is 0.297 e. The van der Waals surface area contributed by atoms with E-state index in [9.17, 15) is 14.7 Å². The van der Waals surface area contributed by atoms with Gasteiger partial charge in [0.1, 0.15) is 11.3 Å². The molecule has 2 aromatic heterocycles. The van der Waals surface area contributed by atoms with E-state index in [2.05, 4.69) is 4.98 Å². The number of rotatable bonds is 2. The van der Waals surface area contributed by atoms with Crippen LogP contribution in [-0.2, 0) is 0 Å². The Morgan fingerprint density at radius 1 is 1.10 bits per heavy atom. The lowest BCUT2D eigenvalue weighted by molar-refractivity contribution is 0.0971. The van der Waals surface area contributed by atoms with Crippen molar-refractivity contribution in [3.63, 3.8) is 0 Å². The topological polar surface area (TPSA) is 83.6 Å². The van der Waals surface area contributed by atoms with Crippen molar-refractivity contribution in [3.05, 3.63) is 86.2 Å². The van der Waals surface area contributed by atoms with E-state index in [1.165, 1.54) is 16.2 Å². The number of aromatic nitrogens is 1. The molecular weight excluding hydrogens is 388 g/mol. The van der Waals surface area contributed by atoms with Crippen molar-refractivity contribution in [2.45, 2.75) is 19.9 Å². The zero-order valence-corrected chi connectivity index (χ0v) is 16.5. The highest BCUT2D eigenvalue weighted by molar-refractivity contribution is 7.15. The number of benzene rings is 2. The third kappa shape index (κ3) is 2.58. The molecule has 0 saturated carbocycles. The van der Waals surface area contributed by atoms with Gasteiger partial charge in [0.05, 0.1) is 22.7 Å². The van der Waals surface area contributed by atoms with E-state index in [1.807, 2.05) is 13.8 Å². The number of hydrogen-bond acceptors (Lipinski definition) is 6. The lowest BCUT2D eigenvalue weighted by Crippen LogP contribution is -2.29. The number of hydrogen-bond donors (Lipinski definition) is 1. The van der Waals surface area contributed by atoms with Crippen LogP contribution in [0.15, 0.2) is 57.7 Å². The molecule has 6 nitrogen and oxygen atoms in total. The molecule has 2 aromatic carbocycles. The number of carbonyl (C=O) groups excluding carboxylic acids is 1. The minimum Gasteiger partial charge on any atom is -0.508 e. The van der Waals surface area contributed by atoms with E-state index in [-0.39, 0.29) is 22.5 Å². The summed E-state index contributed by atoms with van der Waals surface area (Å²) < 4.78 is 5.89. The minimum absolute atomic E-state index is 0.0209. The van der Waals surface area contributed by atoms with Crippen molar-refractivity contribution in [1.82, 2.24) is 4.98 Å². The summed E-state index contributed by atoms with van der Waals surface area (Å²) in [4.78, 5) is 33.8. The van der Waals surface area contributed by atoms with Gasteiger partial charge in [0.2, 0.25) is 5.76 Å². The Morgan fingerprint density at radius 3 is 2.62 bits per heavy atom. The molecule has 7 heteroatoms. The summed E-state index contributed by atoms with van der Waals surface area (Å²) in [5, 5.41) is 10.9. The van der Waals surface area contributed by atoms with Gasteiger partial charge < -0.3 is 9.52 Å². The van der Waals surface area contributed by atoms with Crippen LogP contribution < -0.4 is 10.3 Å². The van der Waals surface area contributed by atoms with E-state index >= 15 is 0 Å². The molecule has 0 saturated heterocycles. The van der Waals surface area contributed by atoms with Gasteiger partial charge in [-0.3, -0.25) is 14.5 Å². The molecule has 0 unspecified atom stereocenters. The number of fused-ring (bicyclic) bond motifs is 2.